The first-order valence-corrected chi connectivity index (χ1v) is 29.1. The zero-order chi connectivity index (χ0) is 47.2. The number of allylic oxidation sites excluding steroid dienone is 4. The number of carbonyl (C=O) groups is 2. The van der Waals surface area contributed by atoms with E-state index in [1.54, 1.807) is 0 Å². The lowest BCUT2D eigenvalue weighted by atomic mass is 10.0. The molecule has 6 heteroatoms. The first kappa shape index (κ1) is 63.3. The molecule has 0 heterocycles. The van der Waals surface area contributed by atoms with Crippen molar-refractivity contribution in [2.45, 2.75) is 328 Å². The molecule has 2 unspecified atom stereocenters. The highest BCUT2D eigenvalue weighted by Crippen LogP contribution is 2.17. The van der Waals surface area contributed by atoms with E-state index >= 15 is 0 Å². The molecule has 0 aromatic rings. The van der Waals surface area contributed by atoms with Gasteiger partial charge in [-0.3, -0.25) is 9.59 Å². The Morgan fingerprint density at radius 1 is 0.415 bits per heavy atom. The third-order valence-electron chi connectivity index (χ3n) is 13.5. The molecular weight excluding hydrogens is 803 g/mol. The molecule has 0 aliphatic carbocycles. The van der Waals surface area contributed by atoms with Gasteiger partial charge in [-0.1, -0.05) is 250 Å². The fraction of sp³-hybridized carbons (Fsp3) is 0.898. The molecule has 6 nitrogen and oxygen atoms in total. The van der Waals surface area contributed by atoms with Gasteiger partial charge in [-0.2, -0.15) is 0 Å². The van der Waals surface area contributed by atoms with Crippen LogP contribution in [-0.2, 0) is 14.3 Å². The maximum absolute atomic E-state index is 12.5. The number of aliphatic hydroxyl groups excluding tert-OH is 2. The number of nitrogens with one attached hydrogen (secondary N) is 1. The third-order valence-corrected chi connectivity index (χ3v) is 13.5. The number of hydrogen-bond donors (Lipinski definition) is 3. The van der Waals surface area contributed by atoms with Gasteiger partial charge in [0.05, 0.1) is 25.4 Å². The van der Waals surface area contributed by atoms with Crippen molar-refractivity contribution < 1.29 is 24.5 Å². The van der Waals surface area contributed by atoms with Crippen LogP contribution >= 0.6 is 0 Å². The number of hydrogen-bond acceptors (Lipinski definition) is 5. The summed E-state index contributed by atoms with van der Waals surface area (Å²) in [7, 11) is 0. The van der Waals surface area contributed by atoms with Gasteiger partial charge in [0, 0.05) is 12.8 Å². The van der Waals surface area contributed by atoms with Crippen molar-refractivity contribution in [3.63, 3.8) is 0 Å². The van der Waals surface area contributed by atoms with Crippen molar-refractivity contribution in [1.82, 2.24) is 5.32 Å². The first-order chi connectivity index (χ1) is 32.0. The van der Waals surface area contributed by atoms with Gasteiger partial charge in [-0.25, -0.2) is 0 Å². The van der Waals surface area contributed by atoms with Gasteiger partial charge in [0.15, 0.2) is 0 Å². The minimum atomic E-state index is -0.675. The van der Waals surface area contributed by atoms with Gasteiger partial charge in [-0.05, 0) is 77.0 Å². The van der Waals surface area contributed by atoms with Crippen molar-refractivity contribution in [2.24, 2.45) is 0 Å². The SMILES string of the molecule is CCCCCCCC/C=C\CCCCCCCC(=O)OCCCCCCCCC/C=C\CCCCCCCC(=O)NC(CO)C(O)CCCCCCCCCCCCCCCCCCC. The molecule has 1 amide bonds. The highest BCUT2D eigenvalue weighted by Gasteiger charge is 2.20. The molecule has 0 aliphatic rings. The number of esters is 1. The van der Waals surface area contributed by atoms with Gasteiger partial charge in [0.25, 0.3) is 0 Å². The van der Waals surface area contributed by atoms with Crippen LogP contribution in [0, 0.1) is 0 Å². The summed E-state index contributed by atoms with van der Waals surface area (Å²) < 4.78 is 5.47. The van der Waals surface area contributed by atoms with Crippen LogP contribution in [0.4, 0.5) is 0 Å². The van der Waals surface area contributed by atoms with Gasteiger partial charge in [0.1, 0.15) is 0 Å². The van der Waals surface area contributed by atoms with E-state index in [4.69, 9.17) is 4.74 Å². The fourth-order valence-corrected chi connectivity index (χ4v) is 8.98. The van der Waals surface area contributed by atoms with Crippen molar-refractivity contribution in [1.29, 1.82) is 0 Å². The smallest absolute Gasteiger partial charge is 0.305 e. The number of aliphatic hydroxyl groups is 2. The van der Waals surface area contributed by atoms with E-state index in [0.29, 0.717) is 25.9 Å². The molecule has 0 bridgehead atoms. The summed E-state index contributed by atoms with van der Waals surface area (Å²) in [6, 6.07) is -0.554. The summed E-state index contributed by atoms with van der Waals surface area (Å²) in [4.78, 5) is 24.5. The van der Waals surface area contributed by atoms with Gasteiger partial charge < -0.3 is 20.3 Å². The van der Waals surface area contributed by atoms with E-state index in [1.807, 2.05) is 0 Å². The van der Waals surface area contributed by atoms with Crippen LogP contribution in [0.5, 0.6) is 0 Å². The Kier molecular flexibility index (Phi) is 53.5. The minimum absolute atomic E-state index is 0.0104. The Morgan fingerprint density at radius 2 is 0.723 bits per heavy atom. The second-order valence-electron chi connectivity index (χ2n) is 20.0. The van der Waals surface area contributed by atoms with Gasteiger partial charge in [0.2, 0.25) is 5.91 Å². The molecule has 3 N–H and O–H groups in total. The molecule has 0 aromatic heterocycles. The zero-order valence-electron chi connectivity index (χ0n) is 43.7. The molecule has 0 spiro atoms. The van der Waals surface area contributed by atoms with E-state index < -0.39 is 12.1 Å². The molecule has 0 aromatic carbocycles. The lowest BCUT2D eigenvalue weighted by molar-refractivity contribution is -0.143. The average molecular weight is 917 g/mol. The fourth-order valence-electron chi connectivity index (χ4n) is 8.98. The van der Waals surface area contributed by atoms with Crippen LogP contribution in [0.15, 0.2) is 24.3 Å². The summed E-state index contributed by atoms with van der Waals surface area (Å²) in [5.41, 5.74) is 0. The summed E-state index contributed by atoms with van der Waals surface area (Å²) in [6.45, 7) is 4.93. The second kappa shape index (κ2) is 54.9. The zero-order valence-corrected chi connectivity index (χ0v) is 43.7. The van der Waals surface area contributed by atoms with Crippen LogP contribution in [0.25, 0.3) is 0 Å². The summed E-state index contributed by atoms with van der Waals surface area (Å²) in [6.07, 6.45) is 65.9. The van der Waals surface area contributed by atoms with Crippen molar-refractivity contribution >= 4 is 11.9 Å². The molecule has 0 rings (SSSR count). The van der Waals surface area contributed by atoms with Crippen LogP contribution in [0.1, 0.15) is 316 Å². The maximum atomic E-state index is 12.5. The predicted molar refractivity (Wildman–Crippen MR) is 283 cm³/mol. The van der Waals surface area contributed by atoms with Gasteiger partial charge in [-0.15, -0.1) is 0 Å². The second-order valence-corrected chi connectivity index (χ2v) is 20.0. The quantitative estimate of drug-likeness (QED) is 0.0321. The number of unbranched alkanes of at least 4 members (excludes halogenated alkanes) is 39. The maximum Gasteiger partial charge on any atom is 0.305 e. The average Bonchev–Trinajstić information content (AvgIpc) is 3.31. The van der Waals surface area contributed by atoms with Gasteiger partial charge >= 0.3 is 5.97 Å². The number of rotatable bonds is 54. The first-order valence-electron chi connectivity index (χ1n) is 29.1. The molecular formula is C59H113NO5. The van der Waals surface area contributed by atoms with E-state index in [0.717, 1.165) is 64.2 Å². The summed E-state index contributed by atoms with van der Waals surface area (Å²) in [5, 5.41) is 23.3. The Bertz CT molecular complexity index is 1010. The molecule has 2 atom stereocenters. The highest BCUT2D eigenvalue weighted by atomic mass is 16.5. The normalized spacial score (nSPS) is 12.7. The van der Waals surface area contributed by atoms with Crippen LogP contribution < -0.4 is 5.32 Å². The van der Waals surface area contributed by atoms with Crippen LogP contribution in [0.2, 0.25) is 0 Å². The molecule has 0 fully saturated rings. The van der Waals surface area contributed by atoms with E-state index in [-0.39, 0.29) is 18.5 Å². The third kappa shape index (κ3) is 51.6. The van der Waals surface area contributed by atoms with Crippen molar-refractivity contribution in [2.75, 3.05) is 13.2 Å². The van der Waals surface area contributed by atoms with Crippen molar-refractivity contribution in [3.8, 4) is 0 Å². The van der Waals surface area contributed by atoms with Crippen LogP contribution in [-0.4, -0.2) is 47.4 Å². The number of amides is 1. The Balaban J connectivity index is 3.47. The van der Waals surface area contributed by atoms with Crippen LogP contribution in [0.3, 0.4) is 0 Å². The summed E-state index contributed by atoms with van der Waals surface area (Å²) >= 11 is 0. The summed E-state index contributed by atoms with van der Waals surface area (Å²) in [5.74, 6) is -0.0608. The Morgan fingerprint density at radius 3 is 1.09 bits per heavy atom. The molecule has 65 heavy (non-hydrogen) atoms. The number of carbonyl (C=O) groups excluding carboxylic acids is 2. The topological polar surface area (TPSA) is 95.9 Å². The highest BCUT2D eigenvalue weighted by molar-refractivity contribution is 5.76. The molecule has 0 saturated carbocycles. The lowest BCUT2D eigenvalue weighted by Gasteiger charge is -2.22. The van der Waals surface area contributed by atoms with Crippen molar-refractivity contribution in [3.05, 3.63) is 24.3 Å². The number of ether oxygens (including phenoxy) is 1. The molecule has 0 radical (unpaired) electrons. The standard InChI is InChI=1S/C59H113NO5/c1-3-5-7-9-11-13-15-17-19-20-24-27-31-35-39-43-47-51-57(62)56(55-61)60-58(63)52-48-44-40-36-32-28-25-21-22-26-30-34-38-42-46-50-54-65-59(64)53-49-45-41-37-33-29-23-18-16-14-12-10-8-6-4-2/h18,21,23,25,56-57,61-62H,3-17,19-20,22,24,26-55H2,1-2H3,(H,60,63)/b23-18-,25-21-. The molecule has 0 saturated heterocycles. The predicted octanol–water partition coefficient (Wildman–Crippen LogP) is 17.9. The van der Waals surface area contributed by atoms with E-state index in [2.05, 4.69) is 43.5 Å². The molecule has 384 valence electrons. The monoisotopic (exact) mass is 916 g/mol. The largest absolute Gasteiger partial charge is 0.466 e. The Labute approximate surface area is 405 Å². The van der Waals surface area contributed by atoms with E-state index in [9.17, 15) is 19.8 Å². The Hall–Kier alpha value is -1.66. The minimum Gasteiger partial charge on any atom is -0.466 e. The molecule has 0 aliphatic heterocycles. The lowest BCUT2D eigenvalue weighted by Crippen LogP contribution is -2.45. The van der Waals surface area contributed by atoms with E-state index in [1.165, 1.54) is 218 Å².